The van der Waals surface area contributed by atoms with E-state index in [1.807, 2.05) is 17.5 Å². The van der Waals surface area contributed by atoms with Gasteiger partial charge in [-0.1, -0.05) is 6.08 Å². The van der Waals surface area contributed by atoms with Crippen molar-refractivity contribution in [1.29, 1.82) is 0 Å². The lowest BCUT2D eigenvalue weighted by Crippen LogP contribution is -2.23. The van der Waals surface area contributed by atoms with Crippen LogP contribution >= 0.6 is 11.3 Å². The highest BCUT2D eigenvalue weighted by atomic mass is 32.1. The zero-order chi connectivity index (χ0) is 16.5. The van der Waals surface area contributed by atoms with Gasteiger partial charge in [-0.05, 0) is 37.2 Å². The number of rotatable bonds is 4. The van der Waals surface area contributed by atoms with Crippen molar-refractivity contribution in [2.24, 2.45) is 0 Å². The van der Waals surface area contributed by atoms with Crippen LogP contribution < -0.4 is 4.90 Å². The predicted octanol–water partition coefficient (Wildman–Crippen LogP) is 3.64. The monoisotopic (exact) mass is 338 g/mol. The Balaban J connectivity index is 1.77. The Hall–Kier alpha value is -2.44. The third-order valence-electron chi connectivity index (χ3n) is 4.43. The largest absolute Gasteiger partial charge is 0.361 e. The van der Waals surface area contributed by atoms with Crippen molar-refractivity contribution in [3.63, 3.8) is 0 Å². The lowest BCUT2D eigenvalue weighted by atomic mass is 9.99. The standard InChI is InChI=1S/C18H18N4OS/c1-21-7-4-13(5-8-21)16-11-20-17-3-2-14(10-15(16)17)22(12-23)18-19-6-9-24-18/h2-4,6,9-12,20H,5,7-8H2,1H3. The van der Waals surface area contributed by atoms with Gasteiger partial charge < -0.3 is 9.88 Å². The van der Waals surface area contributed by atoms with Gasteiger partial charge in [-0.2, -0.15) is 0 Å². The van der Waals surface area contributed by atoms with Crippen LogP contribution in [0.2, 0.25) is 0 Å². The Morgan fingerprint density at radius 2 is 2.33 bits per heavy atom. The number of likely N-dealkylation sites (N-methyl/N-ethyl adjacent to an activating group) is 1. The summed E-state index contributed by atoms with van der Waals surface area (Å²) in [6.45, 7) is 2.04. The van der Waals surface area contributed by atoms with Gasteiger partial charge in [-0.25, -0.2) is 4.98 Å². The summed E-state index contributed by atoms with van der Waals surface area (Å²) < 4.78 is 0. The van der Waals surface area contributed by atoms with Crippen LogP contribution in [0.1, 0.15) is 12.0 Å². The van der Waals surface area contributed by atoms with Gasteiger partial charge in [-0.3, -0.25) is 9.69 Å². The minimum atomic E-state index is 0.681. The Bertz CT molecular complexity index is 897. The number of benzene rings is 1. The van der Waals surface area contributed by atoms with E-state index < -0.39 is 0 Å². The van der Waals surface area contributed by atoms with Crippen LogP contribution in [-0.2, 0) is 4.79 Å². The van der Waals surface area contributed by atoms with Crippen LogP contribution in [0.4, 0.5) is 10.8 Å². The molecule has 1 aliphatic heterocycles. The molecule has 1 aliphatic rings. The Labute approximate surface area is 144 Å². The molecule has 1 N–H and O–H groups in total. The number of carbonyl (C=O) groups excluding carboxylic acids is 1. The molecule has 0 saturated carbocycles. The minimum absolute atomic E-state index is 0.681. The molecule has 0 aliphatic carbocycles. The molecule has 3 heterocycles. The van der Waals surface area contributed by atoms with E-state index in [0.717, 1.165) is 42.5 Å². The zero-order valence-corrected chi connectivity index (χ0v) is 14.2. The zero-order valence-electron chi connectivity index (χ0n) is 13.4. The summed E-state index contributed by atoms with van der Waals surface area (Å²) in [7, 11) is 2.14. The van der Waals surface area contributed by atoms with Gasteiger partial charge in [0.05, 0.1) is 5.69 Å². The molecule has 0 fully saturated rings. The van der Waals surface area contributed by atoms with Crippen molar-refractivity contribution in [3.8, 4) is 0 Å². The van der Waals surface area contributed by atoms with E-state index in [1.54, 1.807) is 11.1 Å². The first-order chi connectivity index (χ1) is 11.8. The summed E-state index contributed by atoms with van der Waals surface area (Å²) in [5.41, 5.74) is 4.51. The van der Waals surface area contributed by atoms with Crippen LogP contribution in [0, 0.1) is 0 Å². The molecule has 4 rings (SSSR count). The molecule has 1 aromatic carbocycles. The van der Waals surface area contributed by atoms with Gasteiger partial charge in [0.25, 0.3) is 0 Å². The van der Waals surface area contributed by atoms with Gasteiger partial charge in [0, 0.05) is 47.3 Å². The fourth-order valence-electron chi connectivity index (χ4n) is 3.09. The van der Waals surface area contributed by atoms with Crippen molar-refractivity contribution in [2.75, 3.05) is 25.0 Å². The van der Waals surface area contributed by atoms with Gasteiger partial charge in [0.1, 0.15) is 0 Å². The number of fused-ring (bicyclic) bond motifs is 1. The summed E-state index contributed by atoms with van der Waals surface area (Å²) in [6.07, 6.45) is 7.93. The Morgan fingerprint density at radius 1 is 1.42 bits per heavy atom. The molecule has 0 atom stereocenters. The first-order valence-electron chi connectivity index (χ1n) is 7.89. The normalized spacial score (nSPS) is 15.5. The van der Waals surface area contributed by atoms with Crippen LogP contribution in [0.3, 0.4) is 0 Å². The number of anilines is 2. The van der Waals surface area contributed by atoms with Crippen LogP contribution in [0.25, 0.3) is 16.5 Å². The summed E-state index contributed by atoms with van der Waals surface area (Å²) in [4.78, 5) is 23.0. The highest BCUT2D eigenvalue weighted by Crippen LogP contribution is 2.33. The van der Waals surface area contributed by atoms with Crippen molar-refractivity contribution in [1.82, 2.24) is 14.9 Å². The number of nitrogens with zero attached hydrogens (tertiary/aromatic N) is 3. The molecule has 3 aromatic rings. The summed E-state index contributed by atoms with van der Waals surface area (Å²) in [5.74, 6) is 0. The third kappa shape index (κ3) is 2.64. The number of thiazole rings is 1. The number of hydrogen-bond acceptors (Lipinski definition) is 4. The number of amides is 1. The lowest BCUT2D eigenvalue weighted by Gasteiger charge is -2.22. The fraction of sp³-hybridized carbons (Fsp3) is 0.222. The number of H-pyrrole nitrogens is 1. The summed E-state index contributed by atoms with van der Waals surface area (Å²) >= 11 is 1.45. The molecule has 0 bridgehead atoms. The predicted molar refractivity (Wildman–Crippen MR) is 98.7 cm³/mol. The second-order valence-corrected chi connectivity index (χ2v) is 6.84. The minimum Gasteiger partial charge on any atom is -0.361 e. The highest BCUT2D eigenvalue weighted by molar-refractivity contribution is 7.13. The summed E-state index contributed by atoms with van der Waals surface area (Å²) in [5, 5.41) is 3.70. The SMILES string of the molecule is CN1CC=C(c2c[nH]c3ccc(N(C=O)c4nccs4)cc23)CC1. The smallest absolute Gasteiger partial charge is 0.220 e. The van der Waals surface area contributed by atoms with Crippen molar-refractivity contribution >= 4 is 45.0 Å². The van der Waals surface area contributed by atoms with Gasteiger partial charge in [-0.15, -0.1) is 11.3 Å². The van der Waals surface area contributed by atoms with Crippen LogP contribution in [0.5, 0.6) is 0 Å². The van der Waals surface area contributed by atoms with E-state index in [2.05, 4.69) is 40.3 Å². The van der Waals surface area contributed by atoms with Crippen LogP contribution in [0.15, 0.2) is 42.0 Å². The number of hydrogen-bond donors (Lipinski definition) is 1. The van der Waals surface area contributed by atoms with Gasteiger partial charge in [0.2, 0.25) is 6.41 Å². The maximum Gasteiger partial charge on any atom is 0.220 e. The molecule has 2 aromatic heterocycles. The van der Waals surface area contributed by atoms with Crippen molar-refractivity contribution < 1.29 is 4.79 Å². The molecule has 1 amide bonds. The molecule has 122 valence electrons. The average molecular weight is 338 g/mol. The average Bonchev–Trinajstić information content (AvgIpc) is 3.26. The van der Waals surface area contributed by atoms with Crippen LogP contribution in [-0.4, -0.2) is 41.4 Å². The van der Waals surface area contributed by atoms with E-state index in [0.29, 0.717) is 5.13 Å². The maximum atomic E-state index is 11.6. The number of aromatic nitrogens is 2. The van der Waals surface area contributed by atoms with Crippen molar-refractivity contribution in [2.45, 2.75) is 6.42 Å². The lowest BCUT2D eigenvalue weighted by molar-refractivity contribution is -0.106. The molecule has 0 spiro atoms. The molecule has 0 radical (unpaired) electrons. The van der Waals surface area contributed by atoms with Crippen molar-refractivity contribution in [3.05, 3.63) is 47.6 Å². The van der Waals surface area contributed by atoms with E-state index in [4.69, 9.17) is 0 Å². The summed E-state index contributed by atoms with van der Waals surface area (Å²) in [6, 6.07) is 6.03. The molecular formula is C18H18N4OS. The number of carbonyl (C=O) groups is 1. The molecule has 24 heavy (non-hydrogen) atoms. The maximum absolute atomic E-state index is 11.6. The molecular weight excluding hydrogens is 320 g/mol. The first-order valence-corrected chi connectivity index (χ1v) is 8.77. The topological polar surface area (TPSA) is 52.2 Å². The fourth-order valence-corrected chi connectivity index (χ4v) is 3.72. The van der Waals surface area contributed by atoms with Gasteiger partial charge in [0.15, 0.2) is 5.13 Å². The Morgan fingerprint density at radius 3 is 3.04 bits per heavy atom. The first kappa shape index (κ1) is 15.1. The van der Waals surface area contributed by atoms with E-state index in [-0.39, 0.29) is 0 Å². The molecule has 5 nitrogen and oxygen atoms in total. The molecule has 6 heteroatoms. The number of aromatic amines is 1. The molecule has 0 saturated heterocycles. The van der Waals surface area contributed by atoms with Gasteiger partial charge >= 0.3 is 0 Å². The van der Waals surface area contributed by atoms with E-state index in [9.17, 15) is 4.79 Å². The second kappa shape index (κ2) is 6.22. The third-order valence-corrected chi connectivity index (χ3v) is 5.20. The second-order valence-electron chi connectivity index (χ2n) is 5.96. The highest BCUT2D eigenvalue weighted by Gasteiger charge is 2.16. The van der Waals surface area contributed by atoms with E-state index >= 15 is 0 Å². The number of nitrogens with one attached hydrogen (secondary N) is 1. The van der Waals surface area contributed by atoms with E-state index in [1.165, 1.54) is 22.5 Å². The quantitative estimate of drug-likeness (QED) is 0.739. The molecule has 0 unspecified atom stereocenters. The Kier molecular flexibility index (Phi) is 3.92.